The van der Waals surface area contributed by atoms with E-state index < -0.39 is 5.97 Å². The highest BCUT2D eigenvalue weighted by Crippen LogP contribution is 2.21. The van der Waals surface area contributed by atoms with E-state index in [0.717, 1.165) is 12.8 Å². The third-order valence-corrected chi connectivity index (χ3v) is 3.73. The minimum absolute atomic E-state index is 0.156. The topological polar surface area (TPSA) is 50.1 Å². The maximum Gasteiger partial charge on any atom is 0.350 e. The number of nitriles is 1. The van der Waals surface area contributed by atoms with E-state index in [4.69, 9.17) is 10.00 Å². The van der Waals surface area contributed by atoms with Crippen LogP contribution >= 0.6 is 24.4 Å². The number of rotatable bonds is 6. The molecule has 1 atom stereocenters. The molecule has 1 aromatic carbocycles. The fourth-order valence-electron chi connectivity index (χ4n) is 1.27. The van der Waals surface area contributed by atoms with Gasteiger partial charge in [0.05, 0.1) is 16.2 Å². The van der Waals surface area contributed by atoms with Gasteiger partial charge in [0.25, 0.3) is 0 Å². The van der Waals surface area contributed by atoms with E-state index in [1.165, 1.54) is 11.8 Å². The van der Waals surface area contributed by atoms with Crippen LogP contribution in [0.5, 0.6) is 5.75 Å². The number of hydrogen-bond acceptors (Lipinski definition) is 5. The summed E-state index contributed by atoms with van der Waals surface area (Å²) >= 11 is 5.39. The van der Waals surface area contributed by atoms with Crippen molar-refractivity contribution in [3.8, 4) is 11.8 Å². The summed E-state index contributed by atoms with van der Waals surface area (Å²) < 4.78 is 5.12. The molecule has 100 valence electrons. The molecule has 0 saturated carbocycles. The predicted octanol–water partition coefficient (Wildman–Crippen LogP) is 3.79. The molecular formula is C14H15NO2S2. The Hall–Kier alpha value is -1.38. The Kier molecular flexibility index (Phi) is 7.16. The van der Waals surface area contributed by atoms with Gasteiger partial charge < -0.3 is 4.74 Å². The van der Waals surface area contributed by atoms with Crippen molar-refractivity contribution < 1.29 is 9.53 Å². The number of carbonyl (C=O) groups excluding carboxylic acids is 1. The van der Waals surface area contributed by atoms with Crippen LogP contribution in [-0.2, 0) is 4.79 Å². The van der Waals surface area contributed by atoms with E-state index >= 15 is 0 Å². The van der Waals surface area contributed by atoms with Crippen molar-refractivity contribution in [3.05, 3.63) is 40.6 Å². The molecule has 1 aromatic rings. The molecule has 0 heterocycles. The number of thioether (sulfide) groups is 1. The van der Waals surface area contributed by atoms with Gasteiger partial charge in [-0.3, -0.25) is 0 Å². The molecule has 0 bridgehead atoms. The van der Waals surface area contributed by atoms with Gasteiger partial charge in [-0.1, -0.05) is 31.5 Å². The molecule has 0 aliphatic heterocycles. The minimum Gasteiger partial charge on any atom is -0.423 e. The molecule has 3 nitrogen and oxygen atoms in total. The lowest BCUT2D eigenvalue weighted by atomic mass is 10.3. The molecule has 1 rings (SSSR count). The summed E-state index contributed by atoms with van der Waals surface area (Å²) in [4.78, 5) is 11.9. The van der Waals surface area contributed by atoms with Gasteiger partial charge >= 0.3 is 5.97 Å². The van der Waals surface area contributed by atoms with E-state index in [1.54, 1.807) is 29.7 Å². The van der Waals surface area contributed by atoms with Crippen LogP contribution < -0.4 is 4.74 Å². The fraction of sp³-hybridized carbons (Fsp3) is 0.286. The highest BCUT2D eigenvalue weighted by molar-refractivity contribution is 8.03. The van der Waals surface area contributed by atoms with Crippen LogP contribution in [0.1, 0.15) is 19.8 Å². The Bertz CT molecular complexity index is 480. The number of benzene rings is 1. The zero-order valence-electron chi connectivity index (χ0n) is 10.6. The highest BCUT2D eigenvalue weighted by Gasteiger charge is 2.10. The summed E-state index contributed by atoms with van der Waals surface area (Å²) in [6.45, 7) is 2.01. The molecular weight excluding hydrogens is 278 g/mol. The van der Waals surface area contributed by atoms with Gasteiger partial charge in [-0.05, 0) is 24.0 Å². The van der Waals surface area contributed by atoms with E-state index in [2.05, 4.69) is 18.7 Å². The normalized spacial score (nSPS) is 12.6. The molecule has 0 aliphatic rings. The summed E-state index contributed by atoms with van der Waals surface area (Å²) in [6, 6.07) is 11.0. The van der Waals surface area contributed by atoms with E-state index in [0.29, 0.717) is 5.75 Å². The summed E-state index contributed by atoms with van der Waals surface area (Å²) in [5, 5.41) is 10.3. The van der Waals surface area contributed by atoms with E-state index in [-0.39, 0.29) is 10.2 Å². The lowest BCUT2D eigenvalue weighted by Gasteiger charge is -2.05. The molecule has 0 aliphatic carbocycles. The fourth-order valence-corrected chi connectivity index (χ4v) is 2.32. The van der Waals surface area contributed by atoms with Crippen LogP contribution in [0, 0.1) is 11.3 Å². The first-order valence-corrected chi connectivity index (χ1v) is 7.27. The average molecular weight is 293 g/mol. The Morgan fingerprint density at radius 1 is 1.53 bits per heavy atom. The molecule has 0 radical (unpaired) electrons. The first-order chi connectivity index (χ1) is 9.17. The largest absolute Gasteiger partial charge is 0.423 e. The first-order valence-electron chi connectivity index (χ1n) is 5.88. The SMILES string of the molecule is CCCC(C#N)S/C=C(\S)C(=O)Oc1ccccc1. The van der Waals surface area contributed by atoms with E-state index in [1.807, 2.05) is 13.0 Å². The quantitative estimate of drug-likeness (QED) is 0.375. The van der Waals surface area contributed by atoms with E-state index in [9.17, 15) is 4.79 Å². The number of para-hydroxylation sites is 1. The van der Waals surface area contributed by atoms with Gasteiger partial charge in [0.15, 0.2) is 0 Å². The number of carbonyl (C=O) groups is 1. The van der Waals surface area contributed by atoms with Crippen molar-refractivity contribution in [3.63, 3.8) is 0 Å². The third kappa shape index (κ3) is 5.86. The van der Waals surface area contributed by atoms with Gasteiger partial charge in [0.1, 0.15) is 5.75 Å². The van der Waals surface area contributed by atoms with Crippen LogP contribution in [0.25, 0.3) is 0 Å². The number of thiol groups is 1. The third-order valence-electron chi connectivity index (χ3n) is 2.20. The van der Waals surface area contributed by atoms with Crippen molar-refractivity contribution in [2.75, 3.05) is 0 Å². The lowest BCUT2D eigenvalue weighted by Crippen LogP contribution is -2.08. The van der Waals surface area contributed by atoms with Crippen LogP contribution in [0.4, 0.5) is 0 Å². The molecule has 0 aromatic heterocycles. The molecule has 0 spiro atoms. The monoisotopic (exact) mass is 293 g/mol. The maximum atomic E-state index is 11.7. The van der Waals surface area contributed by atoms with Crippen molar-refractivity contribution in [2.45, 2.75) is 25.0 Å². The molecule has 5 heteroatoms. The maximum absolute atomic E-state index is 11.7. The van der Waals surface area contributed by atoms with Gasteiger partial charge in [-0.2, -0.15) is 5.26 Å². The summed E-state index contributed by atoms with van der Waals surface area (Å²) in [6.07, 6.45) is 1.71. The summed E-state index contributed by atoms with van der Waals surface area (Å²) in [5.41, 5.74) is 0. The zero-order valence-corrected chi connectivity index (χ0v) is 12.3. The van der Waals surface area contributed by atoms with Crippen LogP contribution in [0.2, 0.25) is 0 Å². The van der Waals surface area contributed by atoms with Crippen molar-refractivity contribution >= 4 is 30.4 Å². The first kappa shape index (κ1) is 15.7. The smallest absolute Gasteiger partial charge is 0.350 e. The van der Waals surface area contributed by atoms with Gasteiger partial charge in [0, 0.05) is 0 Å². The van der Waals surface area contributed by atoms with Crippen molar-refractivity contribution in [2.24, 2.45) is 0 Å². The summed E-state index contributed by atoms with van der Waals surface area (Å²) in [7, 11) is 0. The average Bonchev–Trinajstić information content (AvgIpc) is 2.44. The molecule has 0 saturated heterocycles. The number of ether oxygens (including phenoxy) is 1. The highest BCUT2D eigenvalue weighted by atomic mass is 32.2. The molecule has 0 amide bonds. The van der Waals surface area contributed by atoms with Crippen LogP contribution in [0.15, 0.2) is 40.6 Å². The van der Waals surface area contributed by atoms with Crippen molar-refractivity contribution in [1.29, 1.82) is 5.26 Å². The number of nitrogens with zero attached hydrogens (tertiary/aromatic N) is 1. The Morgan fingerprint density at radius 2 is 2.21 bits per heavy atom. The molecule has 1 unspecified atom stereocenters. The van der Waals surface area contributed by atoms with Gasteiger partial charge in [-0.15, -0.1) is 24.4 Å². The Morgan fingerprint density at radius 3 is 2.79 bits per heavy atom. The lowest BCUT2D eigenvalue weighted by molar-refractivity contribution is -0.129. The van der Waals surface area contributed by atoms with Crippen LogP contribution in [-0.4, -0.2) is 11.2 Å². The second-order valence-corrected chi connectivity index (χ2v) is 5.31. The van der Waals surface area contributed by atoms with Crippen molar-refractivity contribution in [1.82, 2.24) is 0 Å². The number of esters is 1. The minimum atomic E-state index is -0.518. The molecule has 19 heavy (non-hydrogen) atoms. The standard InChI is InChI=1S/C14H15NO2S2/c1-2-6-12(9-15)19-10-13(18)14(16)17-11-7-4-3-5-8-11/h3-5,7-8,10,12,18H,2,6H2,1H3/b13-10-. The molecule has 0 fully saturated rings. The number of hydrogen-bond donors (Lipinski definition) is 1. The van der Waals surface area contributed by atoms with Gasteiger partial charge in [0.2, 0.25) is 0 Å². The van der Waals surface area contributed by atoms with Gasteiger partial charge in [-0.25, -0.2) is 4.79 Å². The second-order valence-electron chi connectivity index (χ2n) is 3.75. The Balaban J connectivity index is 2.55. The summed E-state index contributed by atoms with van der Waals surface area (Å²) in [5.74, 6) is -0.0435. The zero-order chi connectivity index (χ0) is 14.1. The second kappa shape index (κ2) is 8.68. The Labute approximate surface area is 123 Å². The molecule has 0 N–H and O–H groups in total. The van der Waals surface area contributed by atoms with Crippen LogP contribution in [0.3, 0.4) is 0 Å². The predicted molar refractivity (Wildman–Crippen MR) is 81.0 cm³/mol.